The number of aryl methyl sites for hydroxylation is 1. The molecule has 0 radical (unpaired) electrons. The van der Waals surface area contributed by atoms with E-state index in [1.807, 2.05) is 55.5 Å². The maximum atomic E-state index is 10.0. The Kier molecular flexibility index (Phi) is 4.81. The van der Waals surface area contributed by atoms with Crippen LogP contribution < -0.4 is 4.74 Å². The minimum absolute atomic E-state index is 0.545. The molecule has 1 atom stereocenters. The van der Waals surface area contributed by atoms with Gasteiger partial charge in [0.15, 0.2) is 0 Å². The van der Waals surface area contributed by atoms with E-state index >= 15 is 0 Å². The molecule has 2 aromatic rings. The van der Waals surface area contributed by atoms with E-state index in [1.165, 1.54) is 5.56 Å². The maximum absolute atomic E-state index is 10.0. The zero-order valence-corrected chi connectivity index (χ0v) is 11.8. The fourth-order valence-electron chi connectivity index (χ4n) is 1.97. The number of aliphatic hydroxyl groups is 1. The van der Waals surface area contributed by atoms with Crippen molar-refractivity contribution >= 4 is 0 Å². The number of benzene rings is 2. The largest absolute Gasteiger partial charge is 0.497 e. The summed E-state index contributed by atoms with van der Waals surface area (Å²) in [5.74, 6) is 6.62. The van der Waals surface area contributed by atoms with Gasteiger partial charge >= 0.3 is 0 Å². The molecule has 2 aromatic carbocycles. The van der Waals surface area contributed by atoms with Crippen molar-refractivity contribution in [3.8, 4) is 17.6 Å². The minimum atomic E-state index is -0.665. The third-order valence-corrected chi connectivity index (χ3v) is 3.13. The molecule has 0 aliphatic rings. The highest BCUT2D eigenvalue weighted by atomic mass is 16.5. The first-order valence-electron chi connectivity index (χ1n) is 6.57. The van der Waals surface area contributed by atoms with Crippen molar-refractivity contribution in [3.63, 3.8) is 0 Å². The van der Waals surface area contributed by atoms with Crippen LogP contribution in [0.15, 0.2) is 48.5 Å². The van der Waals surface area contributed by atoms with Gasteiger partial charge in [0.05, 0.1) is 7.11 Å². The van der Waals surface area contributed by atoms with Gasteiger partial charge in [-0.1, -0.05) is 42.2 Å². The van der Waals surface area contributed by atoms with E-state index in [2.05, 4.69) is 11.8 Å². The molecule has 0 aliphatic carbocycles. The van der Waals surface area contributed by atoms with Gasteiger partial charge < -0.3 is 9.84 Å². The average Bonchev–Trinajstić information content (AvgIpc) is 2.48. The van der Waals surface area contributed by atoms with Crippen LogP contribution in [0.1, 0.15) is 16.7 Å². The molecule has 0 aromatic heterocycles. The average molecular weight is 266 g/mol. The molecule has 0 fully saturated rings. The van der Waals surface area contributed by atoms with Crippen LogP contribution in [0.3, 0.4) is 0 Å². The van der Waals surface area contributed by atoms with Gasteiger partial charge in [-0.2, -0.15) is 0 Å². The fourth-order valence-corrected chi connectivity index (χ4v) is 1.97. The smallest absolute Gasteiger partial charge is 0.120 e. The number of ether oxygens (including phenoxy) is 1. The van der Waals surface area contributed by atoms with Gasteiger partial charge in [0.1, 0.15) is 11.9 Å². The molecule has 2 nitrogen and oxygen atoms in total. The Labute approximate surface area is 120 Å². The third-order valence-electron chi connectivity index (χ3n) is 3.13. The Morgan fingerprint density at radius 2 is 1.95 bits per heavy atom. The summed E-state index contributed by atoms with van der Waals surface area (Å²) in [6.07, 6.45) is -0.119. The Morgan fingerprint density at radius 1 is 1.15 bits per heavy atom. The van der Waals surface area contributed by atoms with E-state index in [1.54, 1.807) is 7.11 Å². The molecular weight excluding hydrogens is 248 g/mol. The predicted octanol–water partition coefficient (Wildman–Crippen LogP) is 2.96. The van der Waals surface area contributed by atoms with Gasteiger partial charge in [-0.15, -0.1) is 0 Å². The molecule has 1 N–H and O–H groups in total. The highest BCUT2D eigenvalue weighted by molar-refractivity contribution is 5.40. The van der Waals surface area contributed by atoms with Crippen LogP contribution in [0.2, 0.25) is 0 Å². The summed E-state index contributed by atoms with van der Waals surface area (Å²) in [6.45, 7) is 2.04. The summed E-state index contributed by atoms with van der Waals surface area (Å²) in [6, 6.07) is 15.5. The van der Waals surface area contributed by atoms with Crippen molar-refractivity contribution in [1.82, 2.24) is 0 Å². The molecule has 0 unspecified atom stereocenters. The number of rotatable bonds is 3. The van der Waals surface area contributed by atoms with Crippen molar-refractivity contribution in [3.05, 3.63) is 65.2 Å². The molecule has 2 heteroatoms. The fraction of sp³-hybridized carbons (Fsp3) is 0.222. The highest BCUT2D eigenvalue weighted by Crippen LogP contribution is 2.12. The number of hydrogen-bond acceptors (Lipinski definition) is 2. The third kappa shape index (κ3) is 3.88. The van der Waals surface area contributed by atoms with Crippen LogP contribution in [0.5, 0.6) is 5.75 Å². The first-order chi connectivity index (χ1) is 9.69. The quantitative estimate of drug-likeness (QED) is 0.865. The topological polar surface area (TPSA) is 29.5 Å². The Morgan fingerprint density at radius 3 is 2.70 bits per heavy atom. The van der Waals surface area contributed by atoms with Gasteiger partial charge in [-0.05, 0) is 36.2 Å². The molecule has 0 amide bonds. The zero-order valence-electron chi connectivity index (χ0n) is 11.8. The monoisotopic (exact) mass is 266 g/mol. The van der Waals surface area contributed by atoms with Crippen molar-refractivity contribution in [2.45, 2.75) is 19.4 Å². The molecule has 20 heavy (non-hydrogen) atoms. The van der Waals surface area contributed by atoms with Crippen LogP contribution >= 0.6 is 0 Å². The zero-order chi connectivity index (χ0) is 14.4. The predicted molar refractivity (Wildman–Crippen MR) is 80.8 cm³/mol. The lowest BCUT2D eigenvalue weighted by Crippen LogP contribution is -2.08. The summed E-state index contributed by atoms with van der Waals surface area (Å²) in [5, 5.41) is 10.0. The molecule has 0 saturated heterocycles. The molecule has 0 saturated carbocycles. The van der Waals surface area contributed by atoms with Gasteiger partial charge in [-0.25, -0.2) is 0 Å². The molecule has 0 bridgehead atoms. The van der Waals surface area contributed by atoms with E-state index in [0.717, 1.165) is 16.9 Å². The normalized spacial score (nSPS) is 11.3. The summed E-state index contributed by atoms with van der Waals surface area (Å²) in [5.41, 5.74) is 3.14. The summed E-state index contributed by atoms with van der Waals surface area (Å²) in [7, 11) is 1.62. The van der Waals surface area contributed by atoms with E-state index in [-0.39, 0.29) is 0 Å². The van der Waals surface area contributed by atoms with Crippen LogP contribution in [0, 0.1) is 18.8 Å². The van der Waals surface area contributed by atoms with Crippen LogP contribution in [-0.2, 0) is 6.42 Å². The lowest BCUT2D eigenvalue weighted by atomic mass is 10.0. The van der Waals surface area contributed by atoms with Crippen LogP contribution in [0.25, 0.3) is 0 Å². The van der Waals surface area contributed by atoms with Crippen molar-refractivity contribution in [2.75, 3.05) is 7.11 Å². The van der Waals surface area contributed by atoms with E-state index < -0.39 is 6.10 Å². The SMILES string of the molecule is COc1cccc(C#C[C@H](O)Cc2ccccc2C)c1. The van der Waals surface area contributed by atoms with Gasteiger partial charge in [0.2, 0.25) is 0 Å². The molecule has 0 spiro atoms. The summed E-state index contributed by atoms with van der Waals surface area (Å²) in [4.78, 5) is 0. The summed E-state index contributed by atoms with van der Waals surface area (Å²) >= 11 is 0. The summed E-state index contributed by atoms with van der Waals surface area (Å²) < 4.78 is 5.14. The van der Waals surface area contributed by atoms with Crippen molar-refractivity contribution in [2.24, 2.45) is 0 Å². The minimum Gasteiger partial charge on any atom is -0.497 e. The molecule has 102 valence electrons. The van der Waals surface area contributed by atoms with Gasteiger partial charge in [0.25, 0.3) is 0 Å². The Hall–Kier alpha value is -2.24. The second-order valence-electron chi connectivity index (χ2n) is 4.65. The molecule has 2 rings (SSSR count). The van der Waals surface area contributed by atoms with Crippen LogP contribution in [-0.4, -0.2) is 18.3 Å². The van der Waals surface area contributed by atoms with Crippen LogP contribution in [0.4, 0.5) is 0 Å². The van der Waals surface area contributed by atoms with Gasteiger partial charge in [0, 0.05) is 12.0 Å². The maximum Gasteiger partial charge on any atom is 0.120 e. The first kappa shape index (κ1) is 14.2. The Bertz CT molecular complexity index is 635. The highest BCUT2D eigenvalue weighted by Gasteiger charge is 2.03. The molecule has 0 aliphatic heterocycles. The lowest BCUT2D eigenvalue weighted by molar-refractivity contribution is 0.233. The number of aliphatic hydroxyl groups excluding tert-OH is 1. The number of hydrogen-bond donors (Lipinski definition) is 1. The van der Waals surface area contributed by atoms with Crippen molar-refractivity contribution < 1.29 is 9.84 Å². The van der Waals surface area contributed by atoms with Crippen molar-refractivity contribution in [1.29, 1.82) is 0 Å². The standard InChI is InChI=1S/C18H18O2/c1-14-6-3-4-8-16(14)13-17(19)11-10-15-7-5-9-18(12-15)20-2/h3-9,12,17,19H,13H2,1-2H3/t17-/m0/s1. The van der Waals surface area contributed by atoms with E-state index in [9.17, 15) is 5.11 Å². The molecule has 0 heterocycles. The van der Waals surface area contributed by atoms with Gasteiger partial charge in [-0.3, -0.25) is 0 Å². The second kappa shape index (κ2) is 6.79. The Balaban J connectivity index is 2.06. The molecular formula is C18H18O2. The lowest BCUT2D eigenvalue weighted by Gasteiger charge is -2.06. The van der Waals surface area contributed by atoms with E-state index in [4.69, 9.17) is 4.74 Å². The second-order valence-corrected chi connectivity index (χ2v) is 4.65. The first-order valence-corrected chi connectivity index (χ1v) is 6.57. The number of methoxy groups -OCH3 is 1. The van der Waals surface area contributed by atoms with E-state index in [0.29, 0.717) is 6.42 Å².